The summed E-state index contributed by atoms with van der Waals surface area (Å²) in [5, 5.41) is 19.5. The fourth-order valence-corrected chi connectivity index (χ4v) is 2.12. The van der Waals surface area contributed by atoms with Crippen molar-refractivity contribution in [2.45, 2.75) is 6.92 Å². The fourth-order valence-electron chi connectivity index (χ4n) is 2.12. The van der Waals surface area contributed by atoms with E-state index in [1.807, 2.05) is 0 Å². The second-order valence-electron chi connectivity index (χ2n) is 4.55. The SMILES string of the molecule is COc1cc(O)c(C(=O)c2ccc(O)cc2C)c(OC)c1. The molecule has 0 bridgehead atoms. The maximum Gasteiger partial charge on any atom is 0.200 e. The van der Waals surface area contributed by atoms with Crippen LogP contribution in [0.25, 0.3) is 0 Å². The average Bonchev–Trinajstić information content (AvgIpc) is 2.45. The van der Waals surface area contributed by atoms with Gasteiger partial charge in [-0.05, 0) is 30.7 Å². The number of phenols is 2. The van der Waals surface area contributed by atoms with Crippen LogP contribution in [0.5, 0.6) is 23.0 Å². The van der Waals surface area contributed by atoms with Crippen molar-refractivity contribution in [2.75, 3.05) is 14.2 Å². The monoisotopic (exact) mass is 288 g/mol. The third-order valence-corrected chi connectivity index (χ3v) is 3.19. The molecule has 0 saturated heterocycles. The zero-order valence-corrected chi connectivity index (χ0v) is 12.0. The first-order chi connectivity index (χ1) is 9.97. The molecule has 0 spiro atoms. The van der Waals surface area contributed by atoms with E-state index in [0.29, 0.717) is 16.9 Å². The van der Waals surface area contributed by atoms with Crippen LogP contribution in [0.2, 0.25) is 0 Å². The average molecular weight is 288 g/mol. The molecule has 5 nitrogen and oxygen atoms in total. The summed E-state index contributed by atoms with van der Waals surface area (Å²) in [5.74, 6) is 0.0933. The van der Waals surface area contributed by atoms with Gasteiger partial charge in [0.15, 0.2) is 0 Å². The van der Waals surface area contributed by atoms with E-state index < -0.39 is 0 Å². The van der Waals surface area contributed by atoms with E-state index in [1.165, 1.54) is 44.6 Å². The van der Waals surface area contributed by atoms with Crippen molar-refractivity contribution in [3.63, 3.8) is 0 Å². The van der Waals surface area contributed by atoms with Gasteiger partial charge in [0.25, 0.3) is 0 Å². The molecular weight excluding hydrogens is 272 g/mol. The van der Waals surface area contributed by atoms with E-state index in [1.54, 1.807) is 6.92 Å². The molecule has 110 valence electrons. The van der Waals surface area contributed by atoms with Crippen LogP contribution in [0.3, 0.4) is 0 Å². The minimum absolute atomic E-state index is 0.0621. The van der Waals surface area contributed by atoms with Crippen LogP contribution >= 0.6 is 0 Å². The molecular formula is C16H16O5. The molecule has 0 heterocycles. The molecule has 0 unspecified atom stereocenters. The Morgan fingerprint density at radius 3 is 2.33 bits per heavy atom. The zero-order valence-electron chi connectivity index (χ0n) is 12.0. The molecule has 0 aliphatic carbocycles. The second-order valence-corrected chi connectivity index (χ2v) is 4.55. The van der Waals surface area contributed by atoms with Crippen molar-refractivity contribution in [3.05, 3.63) is 47.0 Å². The maximum absolute atomic E-state index is 12.6. The molecule has 2 N–H and O–H groups in total. The van der Waals surface area contributed by atoms with Gasteiger partial charge in [-0.2, -0.15) is 0 Å². The smallest absolute Gasteiger partial charge is 0.200 e. The van der Waals surface area contributed by atoms with E-state index in [9.17, 15) is 15.0 Å². The van der Waals surface area contributed by atoms with Crippen molar-refractivity contribution < 1.29 is 24.5 Å². The molecule has 0 fully saturated rings. The highest BCUT2D eigenvalue weighted by molar-refractivity contribution is 6.13. The van der Waals surface area contributed by atoms with Crippen molar-refractivity contribution in [3.8, 4) is 23.0 Å². The third-order valence-electron chi connectivity index (χ3n) is 3.19. The molecule has 2 aromatic carbocycles. The lowest BCUT2D eigenvalue weighted by molar-refractivity contribution is 0.103. The number of rotatable bonds is 4. The lowest BCUT2D eigenvalue weighted by Crippen LogP contribution is -2.06. The summed E-state index contributed by atoms with van der Waals surface area (Å²) in [7, 11) is 2.87. The van der Waals surface area contributed by atoms with Crippen LogP contribution in [0.15, 0.2) is 30.3 Å². The van der Waals surface area contributed by atoms with Gasteiger partial charge in [0, 0.05) is 17.7 Å². The molecule has 0 aliphatic rings. The predicted octanol–water partition coefficient (Wildman–Crippen LogP) is 2.65. The summed E-state index contributed by atoms with van der Waals surface area (Å²) in [6, 6.07) is 7.30. The molecule has 0 amide bonds. The second kappa shape index (κ2) is 5.75. The Morgan fingerprint density at radius 1 is 1.05 bits per heavy atom. The van der Waals surface area contributed by atoms with E-state index in [2.05, 4.69) is 0 Å². The first kappa shape index (κ1) is 14.7. The summed E-state index contributed by atoms with van der Waals surface area (Å²) in [5.41, 5.74) is 1.05. The Bertz CT molecular complexity index is 691. The van der Waals surface area contributed by atoms with Gasteiger partial charge in [-0.25, -0.2) is 0 Å². The summed E-state index contributed by atoms with van der Waals surface area (Å²) in [4.78, 5) is 12.6. The lowest BCUT2D eigenvalue weighted by atomic mass is 9.97. The highest BCUT2D eigenvalue weighted by Crippen LogP contribution is 2.35. The highest BCUT2D eigenvalue weighted by atomic mass is 16.5. The van der Waals surface area contributed by atoms with Crippen molar-refractivity contribution in [1.29, 1.82) is 0 Å². The molecule has 21 heavy (non-hydrogen) atoms. The summed E-state index contributed by atoms with van der Waals surface area (Å²) in [6.07, 6.45) is 0. The number of carbonyl (C=O) groups excluding carboxylic acids is 1. The molecule has 0 aromatic heterocycles. The van der Waals surface area contributed by atoms with Crippen LogP contribution in [-0.2, 0) is 0 Å². The van der Waals surface area contributed by atoms with Gasteiger partial charge in [-0.3, -0.25) is 4.79 Å². The predicted molar refractivity (Wildman–Crippen MR) is 77.5 cm³/mol. The van der Waals surface area contributed by atoms with Gasteiger partial charge in [0.05, 0.1) is 14.2 Å². The Hall–Kier alpha value is -2.69. The topological polar surface area (TPSA) is 76.0 Å². The molecule has 2 aromatic rings. The number of aryl methyl sites for hydroxylation is 1. The van der Waals surface area contributed by atoms with Crippen molar-refractivity contribution >= 4 is 5.78 Å². The van der Waals surface area contributed by atoms with Crippen LogP contribution in [0, 0.1) is 6.92 Å². The largest absolute Gasteiger partial charge is 0.508 e. The molecule has 0 aliphatic heterocycles. The Labute approximate surface area is 122 Å². The van der Waals surface area contributed by atoms with E-state index in [-0.39, 0.29) is 28.6 Å². The van der Waals surface area contributed by atoms with E-state index in [4.69, 9.17) is 9.47 Å². The van der Waals surface area contributed by atoms with Crippen LogP contribution in [0.1, 0.15) is 21.5 Å². The van der Waals surface area contributed by atoms with Gasteiger partial charge < -0.3 is 19.7 Å². The normalized spacial score (nSPS) is 10.2. The Morgan fingerprint density at radius 2 is 1.76 bits per heavy atom. The summed E-state index contributed by atoms with van der Waals surface area (Å²) >= 11 is 0. The molecule has 0 saturated carbocycles. The number of hydrogen-bond donors (Lipinski definition) is 2. The zero-order chi connectivity index (χ0) is 15.6. The summed E-state index contributed by atoms with van der Waals surface area (Å²) in [6.45, 7) is 1.71. The number of hydrogen-bond acceptors (Lipinski definition) is 5. The minimum atomic E-state index is -0.385. The number of aromatic hydroxyl groups is 2. The number of carbonyl (C=O) groups is 1. The highest BCUT2D eigenvalue weighted by Gasteiger charge is 2.22. The third kappa shape index (κ3) is 2.76. The van der Waals surface area contributed by atoms with Crippen molar-refractivity contribution in [1.82, 2.24) is 0 Å². The number of phenolic OH excluding ortho intramolecular Hbond substituents is 2. The van der Waals surface area contributed by atoms with Crippen LogP contribution in [0.4, 0.5) is 0 Å². The standard InChI is InChI=1S/C16H16O5/c1-9-6-10(17)4-5-12(9)16(19)15-13(18)7-11(20-2)8-14(15)21-3/h4-8,17-18H,1-3H3. The number of methoxy groups -OCH3 is 2. The van der Waals surface area contributed by atoms with Crippen LogP contribution in [-0.4, -0.2) is 30.2 Å². The van der Waals surface area contributed by atoms with E-state index in [0.717, 1.165) is 0 Å². The maximum atomic E-state index is 12.6. The molecule has 0 radical (unpaired) electrons. The van der Waals surface area contributed by atoms with Crippen LogP contribution < -0.4 is 9.47 Å². The number of ketones is 1. The summed E-state index contributed by atoms with van der Waals surface area (Å²) < 4.78 is 10.2. The number of ether oxygens (including phenoxy) is 2. The first-order valence-electron chi connectivity index (χ1n) is 6.27. The molecule has 2 rings (SSSR count). The van der Waals surface area contributed by atoms with Gasteiger partial charge in [0.2, 0.25) is 5.78 Å². The van der Waals surface area contributed by atoms with Gasteiger partial charge in [-0.15, -0.1) is 0 Å². The lowest BCUT2D eigenvalue weighted by Gasteiger charge is -2.13. The van der Waals surface area contributed by atoms with Gasteiger partial charge in [0.1, 0.15) is 28.6 Å². The first-order valence-corrected chi connectivity index (χ1v) is 6.27. The Balaban J connectivity index is 2.57. The van der Waals surface area contributed by atoms with Crippen molar-refractivity contribution in [2.24, 2.45) is 0 Å². The van der Waals surface area contributed by atoms with E-state index >= 15 is 0 Å². The Kier molecular flexibility index (Phi) is 4.03. The number of benzene rings is 2. The quantitative estimate of drug-likeness (QED) is 0.846. The van der Waals surface area contributed by atoms with Gasteiger partial charge >= 0.3 is 0 Å². The molecule has 5 heteroatoms. The molecule has 0 atom stereocenters. The minimum Gasteiger partial charge on any atom is -0.508 e. The fraction of sp³-hybridized carbons (Fsp3) is 0.188. The van der Waals surface area contributed by atoms with Gasteiger partial charge in [-0.1, -0.05) is 0 Å².